The van der Waals surface area contributed by atoms with Crippen LogP contribution in [0, 0.1) is 5.92 Å². The average molecular weight is 287 g/mol. The summed E-state index contributed by atoms with van der Waals surface area (Å²) in [6, 6.07) is 4.04. The van der Waals surface area contributed by atoms with Crippen LogP contribution < -0.4 is 5.32 Å². The Morgan fingerprint density at radius 3 is 3.24 bits per heavy atom. The van der Waals surface area contributed by atoms with E-state index >= 15 is 0 Å². The molecule has 2 fully saturated rings. The first kappa shape index (κ1) is 14.1. The number of nitrogens with zero attached hydrogens (tertiary/aromatic N) is 2. The molecule has 1 N–H and O–H groups in total. The van der Waals surface area contributed by atoms with Crippen molar-refractivity contribution in [2.24, 2.45) is 5.92 Å². The van der Waals surface area contributed by atoms with E-state index in [-0.39, 0.29) is 18.2 Å². The number of carbonyl (C=O) groups excluding carboxylic acids is 1. The van der Waals surface area contributed by atoms with Crippen LogP contribution in [0.5, 0.6) is 0 Å². The summed E-state index contributed by atoms with van der Waals surface area (Å²) in [6.45, 7) is 5.55. The van der Waals surface area contributed by atoms with Gasteiger partial charge in [-0.25, -0.2) is 4.79 Å². The highest BCUT2D eigenvalue weighted by molar-refractivity contribution is 5.75. The predicted octanol–water partition coefficient (Wildman–Crippen LogP) is 1.96. The maximum Gasteiger partial charge on any atom is 0.318 e. The van der Waals surface area contributed by atoms with Crippen molar-refractivity contribution in [3.63, 3.8) is 0 Å². The summed E-state index contributed by atoms with van der Waals surface area (Å²) >= 11 is 0. The van der Waals surface area contributed by atoms with Crippen LogP contribution in [0.1, 0.15) is 18.4 Å². The molecule has 0 unspecified atom stereocenters. The number of urea groups is 1. The zero-order chi connectivity index (χ0) is 14.7. The van der Waals surface area contributed by atoms with Crippen LogP contribution in [0.25, 0.3) is 0 Å². The van der Waals surface area contributed by atoms with E-state index in [0.717, 1.165) is 24.9 Å². The topological polar surface area (TPSA) is 54.5 Å². The number of hydrogen-bond donors (Lipinski definition) is 1. The molecule has 21 heavy (non-hydrogen) atoms. The highest BCUT2D eigenvalue weighted by Crippen LogP contribution is 2.39. The summed E-state index contributed by atoms with van der Waals surface area (Å²) in [5.41, 5.74) is 1.01. The fourth-order valence-corrected chi connectivity index (χ4v) is 3.39. The third kappa shape index (κ3) is 2.93. The van der Waals surface area contributed by atoms with E-state index in [1.54, 1.807) is 18.5 Å². The molecule has 2 bridgehead atoms. The normalized spacial score (nSPS) is 26.9. The Hall–Kier alpha value is -1.88. The minimum Gasteiger partial charge on any atom is -0.372 e. The van der Waals surface area contributed by atoms with Crippen LogP contribution in [-0.2, 0) is 11.3 Å². The molecule has 5 heteroatoms. The summed E-state index contributed by atoms with van der Waals surface area (Å²) in [7, 11) is 0. The van der Waals surface area contributed by atoms with Crippen molar-refractivity contribution in [1.29, 1.82) is 0 Å². The van der Waals surface area contributed by atoms with E-state index in [4.69, 9.17) is 4.74 Å². The maximum absolute atomic E-state index is 12.3. The molecule has 3 rings (SSSR count). The van der Waals surface area contributed by atoms with Gasteiger partial charge in [0.15, 0.2) is 0 Å². The van der Waals surface area contributed by atoms with Crippen LogP contribution in [0.3, 0.4) is 0 Å². The van der Waals surface area contributed by atoms with Crippen molar-refractivity contribution in [2.75, 3.05) is 13.2 Å². The zero-order valence-corrected chi connectivity index (χ0v) is 12.1. The second kappa shape index (κ2) is 6.26. The van der Waals surface area contributed by atoms with E-state index in [0.29, 0.717) is 19.1 Å². The number of likely N-dealkylation sites (tertiary alicyclic amines) is 1. The van der Waals surface area contributed by atoms with Gasteiger partial charge in [-0.05, 0) is 24.5 Å². The first-order valence-electron chi connectivity index (χ1n) is 7.45. The zero-order valence-electron chi connectivity index (χ0n) is 12.1. The molecule has 1 aliphatic carbocycles. The number of piperidine rings is 1. The van der Waals surface area contributed by atoms with Gasteiger partial charge in [0.1, 0.15) is 0 Å². The fraction of sp³-hybridized carbons (Fsp3) is 0.500. The molecule has 1 saturated carbocycles. The lowest BCUT2D eigenvalue weighted by atomic mass is 10.1. The number of amides is 2. The van der Waals surface area contributed by atoms with Crippen molar-refractivity contribution in [3.8, 4) is 0 Å². The standard InChI is InChI=1S/C16H21N3O2/c1-2-8-21-15-13-5-6-14(15)19(11-13)16(20)18-10-12-4-3-7-17-9-12/h2-4,7,9,13-15H,1,5-6,8,10-11H2,(H,18,20)/t13-,14+,15+/m0/s1. The Balaban J connectivity index is 1.55. The third-order valence-corrected chi connectivity index (χ3v) is 4.34. The second-order valence-corrected chi connectivity index (χ2v) is 5.66. The van der Waals surface area contributed by atoms with Crippen LogP contribution in [0.2, 0.25) is 0 Å². The van der Waals surface area contributed by atoms with Crippen molar-refractivity contribution in [2.45, 2.75) is 31.5 Å². The Labute approximate surface area is 125 Å². The lowest BCUT2D eigenvalue weighted by molar-refractivity contribution is 0.0493. The molecule has 112 valence electrons. The van der Waals surface area contributed by atoms with Crippen molar-refractivity contribution in [1.82, 2.24) is 15.2 Å². The maximum atomic E-state index is 12.3. The number of rotatable bonds is 5. The smallest absolute Gasteiger partial charge is 0.318 e. The summed E-state index contributed by atoms with van der Waals surface area (Å²) in [5, 5.41) is 2.97. The van der Waals surface area contributed by atoms with E-state index in [1.807, 2.05) is 17.0 Å². The van der Waals surface area contributed by atoms with Gasteiger partial charge in [-0.3, -0.25) is 4.98 Å². The van der Waals surface area contributed by atoms with Crippen LogP contribution in [0.4, 0.5) is 4.79 Å². The van der Waals surface area contributed by atoms with Crippen molar-refractivity contribution in [3.05, 3.63) is 42.7 Å². The number of pyridine rings is 1. The first-order valence-corrected chi connectivity index (χ1v) is 7.45. The van der Waals surface area contributed by atoms with Gasteiger partial charge in [-0.1, -0.05) is 12.1 Å². The third-order valence-electron chi connectivity index (χ3n) is 4.34. The van der Waals surface area contributed by atoms with Crippen molar-refractivity contribution >= 4 is 6.03 Å². The van der Waals surface area contributed by atoms with Crippen LogP contribution >= 0.6 is 0 Å². The molecule has 0 aromatic carbocycles. The van der Waals surface area contributed by atoms with Gasteiger partial charge in [-0.2, -0.15) is 0 Å². The van der Waals surface area contributed by atoms with E-state index in [2.05, 4.69) is 16.9 Å². The van der Waals surface area contributed by atoms with Crippen LogP contribution in [0.15, 0.2) is 37.2 Å². The molecular formula is C16H21N3O2. The molecule has 1 aromatic rings. The Kier molecular flexibility index (Phi) is 4.20. The summed E-state index contributed by atoms with van der Waals surface area (Å²) < 4.78 is 5.83. The molecule has 1 aromatic heterocycles. The van der Waals surface area contributed by atoms with Gasteiger partial charge in [0.2, 0.25) is 0 Å². The van der Waals surface area contributed by atoms with E-state index < -0.39 is 0 Å². The fourth-order valence-electron chi connectivity index (χ4n) is 3.39. The highest BCUT2D eigenvalue weighted by Gasteiger charge is 2.49. The SMILES string of the molecule is C=CCO[C@@H]1[C@H]2CC[C@H]1N(C(=O)NCc1cccnc1)C2. The number of aromatic nitrogens is 1. The summed E-state index contributed by atoms with van der Waals surface area (Å²) in [5.74, 6) is 0.471. The Morgan fingerprint density at radius 2 is 2.48 bits per heavy atom. The van der Waals surface area contributed by atoms with Gasteiger partial charge in [-0.15, -0.1) is 6.58 Å². The molecule has 5 nitrogen and oxygen atoms in total. The van der Waals surface area contributed by atoms with E-state index in [1.165, 1.54) is 0 Å². The molecule has 1 aliphatic heterocycles. The second-order valence-electron chi connectivity index (χ2n) is 5.66. The number of nitrogens with one attached hydrogen (secondary N) is 1. The monoisotopic (exact) mass is 287 g/mol. The van der Waals surface area contributed by atoms with Gasteiger partial charge in [0.05, 0.1) is 18.8 Å². The molecule has 3 atom stereocenters. The predicted molar refractivity (Wildman–Crippen MR) is 79.6 cm³/mol. The molecule has 2 aliphatic rings. The average Bonchev–Trinajstić information content (AvgIpc) is 3.08. The minimum atomic E-state index is -0.00161. The largest absolute Gasteiger partial charge is 0.372 e. The van der Waals surface area contributed by atoms with Crippen LogP contribution in [-0.4, -0.2) is 41.2 Å². The van der Waals surface area contributed by atoms with Gasteiger partial charge in [0.25, 0.3) is 0 Å². The molecule has 2 heterocycles. The van der Waals surface area contributed by atoms with Gasteiger partial charge in [0, 0.05) is 31.4 Å². The van der Waals surface area contributed by atoms with Gasteiger partial charge >= 0.3 is 6.03 Å². The summed E-state index contributed by atoms with van der Waals surface area (Å²) in [4.78, 5) is 18.3. The number of fused-ring (bicyclic) bond motifs is 2. The number of ether oxygens (including phenoxy) is 1. The number of carbonyl (C=O) groups is 1. The van der Waals surface area contributed by atoms with E-state index in [9.17, 15) is 4.79 Å². The Morgan fingerprint density at radius 1 is 1.57 bits per heavy atom. The number of hydrogen-bond acceptors (Lipinski definition) is 3. The molecule has 0 radical (unpaired) electrons. The molecular weight excluding hydrogens is 266 g/mol. The molecule has 2 amide bonds. The Bertz CT molecular complexity index is 506. The first-order chi connectivity index (χ1) is 10.3. The van der Waals surface area contributed by atoms with Gasteiger partial charge < -0.3 is 15.0 Å². The lowest BCUT2D eigenvalue weighted by Crippen LogP contribution is -2.45. The summed E-state index contributed by atoms with van der Waals surface area (Å²) in [6.07, 6.45) is 7.63. The lowest BCUT2D eigenvalue weighted by Gasteiger charge is -2.27. The minimum absolute atomic E-state index is 0.00161. The molecule has 0 spiro atoms. The highest BCUT2D eigenvalue weighted by atomic mass is 16.5. The van der Waals surface area contributed by atoms with Crippen molar-refractivity contribution < 1.29 is 9.53 Å². The molecule has 1 saturated heterocycles. The quantitative estimate of drug-likeness (QED) is 0.842.